The number of amides is 1. The van der Waals surface area contributed by atoms with Gasteiger partial charge in [0.05, 0.1) is 24.8 Å². The fourth-order valence-electron chi connectivity index (χ4n) is 4.18. The molecule has 0 spiro atoms. The van der Waals surface area contributed by atoms with E-state index in [1.54, 1.807) is 48.8 Å². The second kappa shape index (κ2) is 11.1. The number of aliphatic hydroxyl groups is 1. The van der Waals surface area contributed by atoms with Crippen LogP contribution >= 0.6 is 0 Å². The van der Waals surface area contributed by atoms with Crippen LogP contribution in [-0.4, -0.2) is 39.9 Å². The van der Waals surface area contributed by atoms with E-state index in [2.05, 4.69) is 18.8 Å². The van der Waals surface area contributed by atoms with Gasteiger partial charge in [0.25, 0.3) is 11.7 Å². The molecule has 0 saturated carbocycles. The summed E-state index contributed by atoms with van der Waals surface area (Å²) in [7, 11) is 0. The Morgan fingerprint density at radius 1 is 1.03 bits per heavy atom. The molecule has 1 atom stereocenters. The number of hydrogen-bond donors (Lipinski definition) is 1. The van der Waals surface area contributed by atoms with Crippen LogP contribution in [0.2, 0.25) is 0 Å². The van der Waals surface area contributed by atoms with Crippen LogP contribution in [0.3, 0.4) is 0 Å². The number of aromatic nitrogens is 1. The lowest BCUT2D eigenvalue weighted by atomic mass is 9.94. The van der Waals surface area contributed by atoms with Gasteiger partial charge in [-0.1, -0.05) is 38.1 Å². The number of benzene rings is 2. The van der Waals surface area contributed by atoms with E-state index in [1.165, 1.54) is 4.90 Å². The summed E-state index contributed by atoms with van der Waals surface area (Å²) in [4.78, 5) is 32.2. The maximum atomic E-state index is 13.3. The molecular weight excluding hydrogens is 456 g/mol. The summed E-state index contributed by atoms with van der Waals surface area (Å²) in [5, 5.41) is 11.3. The molecule has 7 nitrogen and oxygen atoms in total. The number of rotatable bonds is 9. The lowest BCUT2D eigenvalue weighted by molar-refractivity contribution is -0.140. The third-order valence-corrected chi connectivity index (χ3v) is 5.84. The summed E-state index contributed by atoms with van der Waals surface area (Å²) in [5.74, 6) is -0.0867. The van der Waals surface area contributed by atoms with E-state index in [-0.39, 0.29) is 17.9 Å². The number of likely N-dealkylation sites (tertiary alicyclic amines) is 1. The van der Waals surface area contributed by atoms with Crippen molar-refractivity contribution in [3.8, 4) is 11.5 Å². The van der Waals surface area contributed by atoms with Crippen LogP contribution in [0.15, 0.2) is 78.6 Å². The van der Waals surface area contributed by atoms with Crippen molar-refractivity contribution in [2.45, 2.75) is 33.4 Å². The predicted molar refractivity (Wildman–Crippen MR) is 136 cm³/mol. The van der Waals surface area contributed by atoms with Crippen molar-refractivity contribution in [1.82, 2.24) is 9.88 Å². The largest absolute Gasteiger partial charge is 0.507 e. The topological polar surface area (TPSA) is 89.0 Å². The van der Waals surface area contributed by atoms with Crippen LogP contribution in [0.4, 0.5) is 0 Å². The quantitative estimate of drug-likeness (QED) is 0.256. The zero-order chi connectivity index (χ0) is 25.7. The molecule has 0 unspecified atom stereocenters. The number of Topliss-reactive ketones (excluding diaryl/α,β-unsaturated/α-hetero) is 1. The summed E-state index contributed by atoms with van der Waals surface area (Å²) in [5.41, 5.74) is 1.84. The zero-order valence-corrected chi connectivity index (χ0v) is 20.7. The Morgan fingerprint density at radius 2 is 1.78 bits per heavy atom. The highest BCUT2D eigenvalue weighted by atomic mass is 16.5. The second-order valence-electron chi connectivity index (χ2n) is 8.99. The van der Waals surface area contributed by atoms with E-state index in [9.17, 15) is 14.7 Å². The van der Waals surface area contributed by atoms with E-state index in [1.807, 2.05) is 31.2 Å². The molecule has 186 valence electrons. The molecule has 2 heterocycles. The van der Waals surface area contributed by atoms with Crippen molar-refractivity contribution in [3.63, 3.8) is 0 Å². The molecule has 0 bridgehead atoms. The van der Waals surface area contributed by atoms with Gasteiger partial charge < -0.3 is 19.5 Å². The monoisotopic (exact) mass is 486 g/mol. The maximum Gasteiger partial charge on any atom is 0.295 e. The van der Waals surface area contributed by atoms with Crippen molar-refractivity contribution in [1.29, 1.82) is 0 Å². The minimum absolute atomic E-state index is 0.0203. The SMILES string of the molecule is CCOc1ccccc1[C@H]1C(=C(O)c2ccc(OCC(C)C)cc2)C(=O)C(=O)N1Cc1cccnc1. The number of nitrogens with zero attached hydrogens (tertiary/aromatic N) is 2. The first kappa shape index (κ1) is 25.0. The molecule has 3 aromatic rings. The second-order valence-corrected chi connectivity index (χ2v) is 8.99. The van der Waals surface area contributed by atoms with Gasteiger partial charge in [-0.15, -0.1) is 0 Å². The summed E-state index contributed by atoms with van der Waals surface area (Å²) in [6, 6.07) is 16.9. The summed E-state index contributed by atoms with van der Waals surface area (Å²) < 4.78 is 11.6. The molecule has 2 aromatic carbocycles. The highest BCUT2D eigenvalue weighted by molar-refractivity contribution is 6.46. The van der Waals surface area contributed by atoms with E-state index in [4.69, 9.17) is 9.47 Å². The molecule has 7 heteroatoms. The van der Waals surface area contributed by atoms with Crippen LogP contribution < -0.4 is 9.47 Å². The van der Waals surface area contributed by atoms with Crippen molar-refractivity contribution in [2.75, 3.05) is 13.2 Å². The fourth-order valence-corrected chi connectivity index (χ4v) is 4.18. The van der Waals surface area contributed by atoms with E-state index in [0.29, 0.717) is 41.8 Å². The first-order valence-corrected chi connectivity index (χ1v) is 12.0. The number of hydrogen-bond acceptors (Lipinski definition) is 6. The van der Waals surface area contributed by atoms with Crippen molar-refractivity contribution in [3.05, 3.63) is 95.3 Å². The van der Waals surface area contributed by atoms with Gasteiger partial charge in [-0.2, -0.15) is 0 Å². The Hall–Kier alpha value is -4.13. The smallest absolute Gasteiger partial charge is 0.295 e. The van der Waals surface area contributed by atoms with Gasteiger partial charge in [0.15, 0.2) is 0 Å². The average molecular weight is 487 g/mol. The van der Waals surface area contributed by atoms with Gasteiger partial charge in [0.1, 0.15) is 17.3 Å². The lowest BCUT2D eigenvalue weighted by Crippen LogP contribution is -2.29. The first-order chi connectivity index (χ1) is 17.4. The number of para-hydroxylation sites is 1. The van der Waals surface area contributed by atoms with E-state index in [0.717, 1.165) is 5.56 Å². The average Bonchev–Trinajstić information content (AvgIpc) is 3.13. The van der Waals surface area contributed by atoms with Gasteiger partial charge in [0.2, 0.25) is 0 Å². The zero-order valence-electron chi connectivity index (χ0n) is 20.7. The third kappa shape index (κ3) is 5.25. The Balaban J connectivity index is 1.80. The Morgan fingerprint density at radius 3 is 2.44 bits per heavy atom. The number of ketones is 1. The highest BCUT2D eigenvalue weighted by Gasteiger charge is 2.47. The molecule has 0 aliphatic carbocycles. The fraction of sp³-hybridized carbons (Fsp3) is 0.276. The van der Waals surface area contributed by atoms with Gasteiger partial charge in [-0.25, -0.2) is 0 Å². The standard InChI is InChI=1S/C29H30N2O5/c1-4-35-24-10-6-5-9-23(24)26-25(27(32)21-11-13-22(14-12-21)36-18-19(2)3)28(33)29(34)31(26)17-20-8-7-15-30-16-20/h5-16,19,26,32H,4,17-18H2,1-3H3/t26-/m0/s1. The molecule has 1 aromatic heterocycles. The summed E-state index contributed by atoms with van der Waals surface area (Å²) in [6.07, 6.45) is 3.30. The van der Waals surface area contributed by atoms with Gasteiger partial charge in [-0.3, -0.25) is 14.6 Å². The molecule has 0 radical (unpaired) electrons. The van der Waals surface area contributed by atoms with E-state index < -0.39 is 17.7 Å². The van der Waals surface area contributed by atoms with Crippen LogP contribution in [0.1, 0.15) is 43.5 Å². The van der Waals surface area contributed by atoms with Crippen molar-refractivity contribution < 1.29 is 24.2 Å². The summed E-state index contributed by atoms with van der Waals surface area (Å²) >= 11 is 0. The highest BCUT2D eigenvalue weighted by Crippen LogP contribution is 2.43. The van der Waals surface area contributed by atoms with Gasteiger partial charge in [-0.05, 0) is 54.8 Å². The molecule has 1 aliphatic heterocycles. The van der Waals surface area contributed by atoms with Crippen LogP contribution in [0.25, 0.3) is 5.76 Å². The van der Waals surface area contributed by atoms with Crippen LogP contribution in [0.5, 0.6) is 11.5 Å². The molecule has 1 aliphatic rings. The van der Waals surface area contributed by atoms with Gasteiger partial charge in [0, 0.05) is 30.1 Å². The molecule has 1 N–H and O–H groups in total. The number of carbonyl (C=O) groups is 2. The third-order valence-electron chi connectivity index (χ3n) is 5.84. The van der Waals surface area contributed by atoms with Crippen LogP contribution in [-0.2, 0) is 16.1 Å². The molecule has 1 amide bonds. The number of carbonyl (C=O) groups excluding carboxylic acids is 2. The van der Waals surface area contributed by atoms with Crippen molar-refractivity contribution in [2.24, 2.45) is 5.92 Å². The summed E-state index contributed by atoms with van der Waals surface area (Å²) in [6.45, 7) is 7.13. The molecule has 4 rings (SSSR count). The van der Waals surface area contributed by atoms with Gasteiger partial charge >= 0.3 is 0 Å². The molecular formula is C29H30N2O5. The Bertz CT molecular complexity index is 1250. The minimum atomic E-state index is -0.829. The molecule has 1 fully saturated rings. The number of pyridine rings is 1. The normalized spacial score (nSPS) is 17.0. The molecule has 1 saturated heterocycles. The number of ether oxygens (including phenoxy) is 2. The Labute approximate surface area is 211 Å². The molecule has 36 heavy (non-hydrogen) atoms. The maximum absolute atomic E-state index is 13.3. The van der Waals surface area contributed by atoms with E-state index >= 15 is 0 Å². The predicted octanol–water partition coefficient (Wildman–Crippen LogP) is 5.14. The lowest BCUT2D eigenvalue weighted by Gasteiger charge is -2.26. The Kier molecular flexibility index (Phi) is 7.68. The minimum Gasteiger partial charge on any atom is -0.507 e. The van der Waals surface area contributed by atoms with Crippen LogP contribution in [0, 0.1) is 5.92 Å². The first-order valence-electron chi connectivity index (χ1n) is 12.0. The number of aliphatic hydroxyl groups excluding tert-OH is 1. The van der Waals surface area contributed by atoms with Crippen molar-refractivity contribution >= 4 is 17.4 Å².